The van der Waals surface area contributed by atoms with E-state index in [1.165, 1.54) is 0 Å². The number of nitrogens with one attached hydrogen (secondary N) is 2. The number of aliphatic carboxylic acids is 1. The largest absolute Gasteiger partial charge is 0.481 e. The lowest BCUT2D eigenvalue weighted by molar-refractivity contribution is -0.142. The van der Waals surface area contributed by atoms with Crippen LogP contribution in [0.5, 0.6) is 0 Å². The highest BCUT2D eigenvalue weighted by molar-refractivity contribution is 5.78. The number of hydrogen-bond acceptors (Lipinski definition) is 3. The minimum Gasteiger partial charge on any atom is -0.481 e. The van der Waals surface area contributed by atoms with Gasteiger partial charge in [0, 0.05) is 6.04 Å². The van der Waals surface area contributed by atoms with E-state index in [1.807, 2.05) is 0 Å². The monoisotopic (exact) mass is 270 g/mol. The van der Waals surface area contributed by atoms with Crippen molar-refractivity contribution in [2.45, 2.75) is 39.8 Å². The Morgan fingerprint density at radius 2 is 1.68 bits per heavy atom. The first kappa shape index (κ1) is 14.1. The Morgan fingerprint density at radius 1 is 1.11 bits per heavy atom. The van der Waals surface area contributed by atoms with Crippen LogP contribution in [0.25, 0.3) is 0 Å². The van der Waals surface area contributed by atoms with Crippen LogP contribution >= 0.6 is 0 Å². The van der Waals surface area contributed by atoms with Crippen LogP contribution in [-0.2, 0) is 9.53 Å². The molecule has 108 valence electrons. The van der Waals surface area contributed by atoms with Gasteiger partial charge in [-0.1, -0.05) is 27.7 Å². The van der Waals surface area contributed by atoms with Crippen LogP contribution < -0.4 is 10.6 Å². The average Bonchev–Trinajstić information content (AvgIpc) is 2.69. The Bertz CT molecular complexity index is 391. The highest BCUT2D eigenvalue weighted by atomic mass is 16.5. The Labute approximate surface area is 112 Å². The second kappa shape index (κ2) is 4.37. The van der Waals surface area contributed by atoms with Gasteiger partial charge in [-0.3, -0.25) is 4.79 Å². The second-order valence-electron chi connectivity index (χ2n) is 6.58. The van der Waals surface area contributed by atoms with Gasteiger partial charge in [0.2, 0.25) is 0 Å². The van der Waals surface area contributed by atoms with E-state index in [9.17, 15) is 9.59 Å². The molecule has 1 saturated heterocycles. The molecule has 6 nitrogen and oxygen atoms in total. The van der Waals surface area contributed by atoms with Gasteiger partial charge >= 0.3 is 12.0 Å². The molecule has 3 N–H and O–H groups in total. The fourth-order valence-electron chi connectivity index (χ4n) is 2.84. The minimum absolute atomic E-state index is 0.0582. The number of hydrogen-bond donors (Lipinski definition) is 3. The zero-order valence-electron chi connectivity index (χ0n) is 11.8. The summed E-state index contributed by atoms with van der Waals surface area (Å²) in [7, 11) is 0. The van der Waals surface area contributed by atoms with Gasteiger partial charge in [-0.15, -0.1) is 0 Å². The lowest BCUT2D eigenvalue weighted by Gasteiger charge is -2.16. The fraction of sp³-hybridized carbons (Fsp3) is 0.846. The Balaban J connectivity index is 1.88. The molecule has 0 radical (unpaired) electrons. The van der Waals surface area contributed by atoms with Crippen molar-refractivity contribution in [1.82, 2.24) is 10.6 Å². The van der Waals surface area contributed by atoms with Crippen LogP contribution in [0, 0.1) is 16.7 Å². The summed E-state index contributed by atoms with van der Waals surface area (Å²) in [5.41, 5.74) is 0.116. The predicted octanol–water partition coefficient (Wildman–Crippen LogP) is 0.820. The van der Waals surface area contributed by atoms with E-state index in [4.69, 9.17) is 9.84 Å². The third-order valence-electron chi connectivity index (χ3n) is 5.01. The van der Waals surface area contributed by atoms with Crippen molar-refractivity contribution in [3.8, 4) is 0 Å². The number of carbonyl (C=O) groups is 2. The molecule has 2 unspecified atom stereocenters. The predicted molar refractivity (Wildman–Crippen MR) is 68.8 cm³/mol. The van der Waals surface area contributed by atoms with E-state index in [2.05, 4.69) is 38.3 Å². The minimum atomic E-state index is -0.935. The summed E-state index contributed by atoms with van der Waals surface area (Å²) in [5.74, 6) is -1.60. The highest BCUT2D eigenvalue weighted by Gasteiger charge is 2.65. The lowest BCUT2D eigenvalue weighted by atomic mass is 10.0. The van der Waals surface area contributed by atoms with Crippen molar-refractivity contribution in [1.29, 1.82) is 0 Å². The standard InChI is InChI=1S/C13H22N2O4/c1-12(2)10(13(12,3)4)15-11(18)14-8-6-19-5-7(8)9(16)17/h7-8,10H,5-6H2,1-4H3,(H,16,17)(H2,14,15,18). The van der Waals surface area contributed by atoms with Gasteiger partial charge in [-0.25, -0.2) is 4.79 Å². The first-order chi connectivity index (χ1) is 8.68. The Hall–Kier alpha value is -1.30. The van der Waals surface area contributed by atoms with E-state index in [0.29, 0.717) is 0 Å². The molecule has 1 heterocycles. The third-order valence-corrected chi connectivity index (χ3v) is 5.01. The molecule has 1 saturated carbocycles. The number of carboxylic acids is 1. The van der Waals surface area contributed by atoms with Gasteiger partial charge < -0.3 is 20.5 Å². The maximum Gasteiger partial charge on any atom is 0.315 e. The molecule has 2 rings (SSSR count). The zero-order chi connectivity index (χ0) is 14.4. The Morgan fingerprint density at radius 3 is 2.16 bits per heavy atom. The topological polar surface area (TPSA) is 87.7 Å². The molecule has 0 bridgehead atoms. The summed E-state index contributed by atoms with van der Waals surface area (Å²) in [6, 6.07) is -0.668. The van der Waals surface area contributed by atoms with Crippen LogP contribution in [0.2, 0.25) is 0 Å². The van der Waals surface area contributed by atoms with Gasteiger partial charge in [0.25, 0.3) is 0 Å². The second-order valence-corrected chi connectivity index (χ2v) is 6.58. The van der Waals surface area contributed by atoms with Gasteiger partial charge in [-0.05, 0) is 10.8 Å². The molecule has 19 heavy (non-hydrogen) atoms. The van der Waals surface area contributed by atoms with Crippen molar-refractivity contribution in [2.24, 2.45) is 16.7 Å². The molecule has 1 aliphatic carbocycles. The quantitative estimate of drug-likeness (QED) is 0.708. The smallest absolute Gasteiger partial charge is 0.315 e. The Kier molecular flexibility index (Phi) is 3.24. The number of ether oxygens (including phenoxy) is 1. The molecular formula is C13H22N2O4. The van der Waals surface area contributed by atoms with Crippen LogP contribution in [0.15, 0.2) is 0 Å². The van der Waals surface area contributed by atoms with E-state index < -0.39 is 17.9 Å². The number of carbonyl (C=O) groups excluding carboxylic acids is 1. The van der Waals surface area contributed by atoms with Crippen LogP contribution in [0.1, 0.15) is 27.7 Å². The summed E-state index contributed by atoms with van der Waals surface area (Å²) in [6.45, 7) is 8.84. The lowest BCUT2D eigenvalue weighted by Crippen LogP contribution is -2.48. The fourth-order valence-corrected chi connectivity index (χ4v) is 2.84. The maximum atomic E-state index is 11.9. The summed E-state index contributed by atoms with van der Waals surface area (Å²) >= 11 is 0. The number of urea groups is 1. The van der Waals surface area contributed by atoms with Gasteiger partial charge in [0.05, 0.1) is 19.3 Å². The molecule has 0 aromatic carbocycles. The summed E-state index contributed by atoms with van der Waals surface area (Å²) in [5, 5.41) is 14.6. The summed E-state index contributed by atoms with van der Waals surface area (Å²) < 4.78 is 5.11. The van der Waals surface area contributed by atoms with Gasteiger partial charge in [0.1, 0.15) is 5.92 Å². The molecule has 2 fully saturated rings. The maximum absolute atomic E-state index is 11.9. The number of rotatable bonds is 3. The molecule has 1 aliphatic heterocycles. The molecule has 0 spiro atoms. The first-order valence-corrected chi connectivity index (χ1v) is 6.55. The van der Waals surface area contributed by atoms with Crippen LogP contribution in [0.4, 0.5) is 4.79 Å². The van der Waals surface area contributed by atoms with Crippen molar-refractivity contribution < 1.29 is 19.4 Å². The van der Waals surface area contributed by atoms with Crippen LogP contribution in [0.3, 0.4) is 0 Å². The highest BCUT2D eigenvalue weighted by Crippen LogP contribution is 2.62. The van der Waals surface area contributed by atoms with E-state index in [0.717, 1.165) is 0 Å². The summed E-state index contributed by atoms with van der Waals surface area (Å²) in [4.78, 5) is 22.9. The number of carboxylic acid groups (broad SMARTS) is 1. The van der Waals surface area contributed by atoms with E-state index >= 15 is 0 Å². The summed E-state index contributed by atoms with van der Waals surface area (Å²) in [6.07, 6.45) is 0. The third kappa shape index (κ3) is 2.29. The molecule has 6 heteroatoms. The molecule has 2 aliphatic rings. The first-order valence-electron chi connectivity index (χ1n) is 6.55. The molecule has 2 atom stereocenters. The average molecular weight is 270 g/mol. The van der Waals surface area contributed by atoms with E-state index in [1.54, 1.807) is 0 Å². The molecule has 2 amide bonds. The molecule has 0 aromatic rings. The SMILES string of the molecule is CC1(C)C(NC(=O)NC2COCC2C(=O)O)C1(C)C. The van der Waals surface area contributed by atoms with Crippen molar-refractivity contribution in [3.63, 3.8) is 0 Å². The zero-order valence-corrected chi connectivity index (χ0v) is 11.8. The van der Waals surface area contributed by atoms with Crippen molar-refractivity contribution in [2.75, 3.05) is 13.2 Å². The molecular weight excluding hydrogens is 248 g/mol. The van der Waals surface area contributed by atoms with Crippen LogP contribution in [-0.4, -0.2) is 42.4 Å². The normalized spacial score (nSPS) is 31.8. The van der Waals surface area contributed by atoms with Crippen molar-refractivity contribution in [3.05, 3.63) is 0 Å². The van der Waals surface area contributed by atoms with Gasteiger partial charge in [0.15, 0.2) is 0 Å². The van der Waals surface area contributed by atoms with Gasteiger partial charge in [-0.2, -0.15) is 0 Å². The van der Waals surface area contributed by atoms with E-state index in [-0.39, 0.29) is 36.1 Å². The van der Waals surface area contributed by atoms with Crippen molar-refractivity contribution >= 4 is 12.0 Å². The number of amides is 2. The molecule has 0 aromatic heterocycles.